The summed E-state index contributed by atoms with van der Waals surface area (Å²) >= 11 is 0. The highest BCUT2D eigenvalue weighted by atomic mass is 16.3. The van der Waals surface area contributed by atoms with Gasteiger partial charge in [-0.2, -0.15) is 0 Å². The van der Waals surface area contributed by atoms with Crippen molar-refractivity contribution in [1.29, 1.82) is 0 Å². The van der Waals surface area contributed by atoms with E-state index in [1.54, 1.807) is 5.57 Å². The van der Waals surface area contributed by atoms with Gasteiger partial charge in [0.2, 0.25) is 0 Å². The molecule has 3 saturated carbocycles. The molecule has 0 bridgehead atoms. The summed E-state index contributed by atoms with van der Waals surface area (Å²) in [6.45, 7) is 11.8. The lowest BCUT2D eigenvalue weighted by molar-refractivity contribution is -0.0423. The number of hydrogen-bond acceptors (Lipinski definition) is 2. The molecule has 2 nitrogen and oxygen atoms in total. The van der Waals surface area contributed by atoms with Crippen LogP contribution < -0.4 is 0 Å². The summed E-state index contributed by atoms with van der Waals surface area (Å²) in [4.78, 5) is 4.96. The number of fused-ring (bicyclic) bond motifs is 5. The topological polar surface area (TPSA) is 32.6 Å². The lowest BCUT2D eigenvalue weighted by atomic mass is 9.47. The minimum absolute atomic E-state index is 0.0921. The van der Waals surface area contributed by atoms with E-state index < -0.39 is 0 Å². The molecule has 0 aromatic heterocycles. The molecule has 1 N–H and O–H groups in total. The Balaban J connectivity index is 1.62. The van der Waals surface area contributed by atoms with Gasteiger partial charge in [0.05, 0.1) is 6.10 Å². The highest BCUT2D eigenvalue weighted by Gasteiger charge is 2.58. The molecular formula is C24H39NO. The molecule has 0 saturated heterocycles. The van der Waals surface area contributed by atoms with Crippen molar-refractivity contribution < 1.29 is 5.11 Å². The second-order valence-electron chi connectivity index (χ2n) is 10.7. The summed E-state index contributed by atoms with van der Waals surface area (Å²) in [5.74, 6) is 3.26. The van der Waals surface area contributed by atoms with Gasteiger partial charge in [-0.3, -0.25) is 4.99 Å². The van der Waals surface area contributed by atoms with Crippen LogP contribution >= 0.6 is 0 Å². The Kier molecular flexibility index (Phi) is 4.66. The third-order valence-corrected chi connectivity index (χ3v) is 9.04. The van der Waals surface area contributed by atoms with Crippen molar-refractivity contribution in [1.82, 2.24) is 0 Å². The molecular weight excluding hydrogens is 318 g/mol. The molecule has 3 fully saturated rings. The zero-order chi connectivity index (χ0) is 18.7. The van der Waals surface area contributed by atoms with Crippen LogP contribution in [0.25, 0.3) is 0 Å². The summed E-state index contributed by atoms with van der Waals surface area (Å²) in [6.07, 6.45) is 12.4. The van der Waals surface area contributed by atoms with Crippen LogP contribution in [-0.2, 0) is 0 Å². The normalized spacial score (nSPS) is 48.7. The maximum absolute atomic E-state index is 10.2. The van der Waals surface area contributed by atoms with Crippen molar-refractivity contribution in [3.05, 3.63) is 11.6 Å². The molecule has 146 valence electrons. The molecule has 0 unspecified atom stereocenters. The van der Waals surface area contributed by atoms with Crippen LogP contribution in [0.3, 0.4) is 0 Å². The van der Waals surface area contributed by atoms with Gasteiger partial charge in [0.25, 0.3) is 0 Å². The predicted molar refractivity (Wildman–Crippen MR) is 109 cm³/mol. The van der Waals surface area contributed by atoms with Crippen LogP contribution in [0.15, 0.2) is 16.6 Å². The molecule has 7 atom stereocenters. The van der Waals surface area contributed by atoms with Gasteiger partial charge >= 0.3 is 0 Å². The third-order valence-electron chi connectivity index (χ3n) is 9.04. The Morgan fingerprint density at radius 3 is 2.62 bits per heavy atom. The molecule has 4 aliphatic carbocycles. The highest BCUT2D eigenvalue weighted by molar-refractivity contribution is 5.85. The van der Waals surface area contributed by atoms with Gasteiger partial charge in [0, 0.05) is 17.7 Å². The Morgan fingerprint density at radius 2 is 1.88 bits per heavy atom. The monoisotopic (exact) mass is 357 g/mol. The van der Waals surface area contributed by atoms with Gasteiger partial charge < -0.3 is 5.11 Å². The number of rotatable bonds is 2. The van der Waals surface area contributed by atoms with E-state index in [2.05, 4.69) is 40.7 Å². The summed E-state index contributed by atoms with van der Waals surface area (Å²) in [5, 5.41) is 10.2. The molecule has 0 aromatic rings. The SMILES string of the molecule is CC(=NC(C)C)[C@H]1CC[C@H]2[C@@H]3CC=C4C[C@H](O)CC[C@]4(C)[C@H]3CC[C@]12C. The standard InChI is InChI=1S/C24H39NO/c1-15(2)25-16(3)20-8-9-21-19-7-6-17-14-18(26)10-12-23(17,4)22(19)11-13-24(20,21)5/h6,15,18-22,26H,7-14H2,1-5H3/t18-,19+,20-,21+,22+,23+,24-/m1/s1. The van der Waals surface area contributed by atoms with Gasteiger partial charge in [-0.15, -0.1) is 0 Å². The lowest BCUT2D eigenvalue weighted by Crippen LogP contribution is -2.50. The minimum Gasteiger partial charge on any atom is -0.393 e. The Morgan fingerprint density at radius 1 is 1.12 bits per heavy atom. The number of nitrogens with zero attached hydrogens (tertiary/aromatic N) is 1. The molecule has 0 spiro atoms. The van der Waals surface area contributed by atoms with E-state index in [1.165, 1.54) is 44.2 Å². The van der Waals surface area contributed by atoms with Crippen LogP contribution in [-0.4, -0.2) is 23.0 Å². The van der Waals surface area contributed by atoms with Crippen molar-refractivity contribution in [2.24, 2.45) is 39.5 Å². The molecule has 0 radical (unpaired) electrons. The van der Waals surface area contributed by atoms with Crippen LogP contribution in [0.5, 0.6) is 0 Å². The number of allylic oxidation sites excluding steroid dienone is 1. The van der Waals surface area contributed by atoms with Gasteiger partial charge in [-0.1, -0.05) is 25.5 Å². The number of aliphatic imine (C=N–C) groups is 1. The van der Waals surface area contributed by atoms with E-state index >= 15 is 0 Å². The first-order chi connectivity index (χ1) is 12.3. The molecule has 0 aliphatic heterocycles. The number of hydrogen-bond donors (Lipinski definition) is 1. The summed E-state index contributed by atoms with van der Waals surface area (Å²) in [5.41, 5.74) is 3.83. The summed E-state index contributed by atoms with van der Waals surface area (Å²) < 4.78 is 0. The van der Waals surface area contributed by atoms with Crippen molar-refractivity contribution in [3.8, 4) is 0 Å². The molecule has 4 aliphatic rings. The van der Waals surface area contributed by atoms with E-state index in [1.807, 2.05) is 0 Å². The van der Waals surface area contributed by atoms with Gasteiger partial charge in [0.15, 0.2) is 0 Å². The fraction of sp³-hybridized carbons (Fsp3) is 0.875. The van der Waals surface area contributed by atoms with Crippen LogP contribution in [0, 0.1) is 34.5 Å². The minimum atomic E-state index is -0.0921. The van der Waals surface area contributed by atoms with E-state index in [-0.39, 0.29) is 6.10 Å². The summed E-state index contributed by atoms with van der Waals surface area (Å²) in [6, 6.07) is 0.418. The first kappa shape index (κ1) is 18.7. The first-order valence-electron chi connectivity index (χ1n) is 11.2. The number of aliphatic hydroxyl groups is 1. The molecule has 0 heterocycles. The fourth-order valence-electron chi connectivity index (χ4n) is 7.83. The van der Waals surface area contributed by atoms with E-state index in [9.17, 15) is 5.11 Å². The maximum atomic E-state index is 10.2. The first-order valence-corrected chi connectivity index (χ1v) is 11.2. The summed E-state index contributed by atoms with van der Waals surface area (Å²) in [7, 11) is 0. The molecule has 4 rings (SSSR count). The van der Waals surface area contributed by atoms with Crippen LogP contribution in [0.4, 0.5) is 0 Å². The predicted octanol–water partition coefficient (Wildman–Crippen LogP) is 5.80. The van der Waals surface area contributed by atoms with Gasteiger partial charge in [-0.25, -0.2) is 0 Å². The largest absolute Gasteiger partial charge is 0.393 e. The lowest BCUT2D eigenvalue weighted by Gasteiger charge is -2.58. The van der Waals surface area contributed by atoms with Crippen molar-refractivity contribution >= 4 is 5.71 Å². The zero-order valence-electron chi connectivity index (χ0n) is 17.6. The van der Waals surface area contributed by atoms with Crippen LogP contribution in [0.1, 0.15) is 86.0 Å². The Labute approximate surface area is 160 Å². The van der Waals surface area contributed by atoms with Crippen LogP contribution in [0.2, 0.25) is 0 Å². The van der Waals surface area contributed by atoms with E-state index in [0.717, 1.165) is 30.6 Å². The Bertz CT molecular complexity index is 620. The third kappa shape index (κ3) is 2.74. The van der Waals surface area contributed by atoms with Gasteiger partial charge in [0.1, 0.15) is 0 Å². The number of aliphatic hydroxyl groups excluding tert-OH is 1. The van der Waals surface area contributed by atoms with E-state index in [4.69, 9.17) is 4.99 Å². The molecule has 26 heavy (non-hydrogen) atoms. The molecule has 0 aromatic carbocycles. The van der Waals surface area contributed by atoms with Crippen molar-refractivity contribution in [2.45, 2.75) is 98.1 Å². The molecule has 0 amide bonds. The van der Waals surface area contributed by atoms with E-state index in [0.29, 0.717) is 22.8 Å². The Hall–Kier alpha value is -0.630. The van der Waals surface area contributed by atoms with Crippen molar-refractivity contribution in [3.63, 3.8) is 0 Å². The quantitative estimate of drug-likeness (QED) is 0.492. The fourth-order valence-corrected chi connectivity index (χ4v) is 7.83. The van der Waals surface area contributed by atoms with Gasteiger partial charge in [-0.05, 0) is 101 Å². The highest BCUT2D eigenvalue weighted by Crippen LogP contribution is 2.66. The average molecular weight is 358 g/mol. The van der Waals surface area contributed by atoms with Crippen molar-refractivity contribution in [2.75, 3.05) is 0 Å². The second-order valence-corrected chi connectivity index (χ2v) is 10.7. The second kappa shape index (κ2) is 6.47. The molecule has 2 heteroatoms. The maximum Gasteiger partial charge on any atom is 0.0577 e. The zero-order valence-corrected chi connectivity index (χ0v) is 17.6. The smallest absolute Gasteiger partial charge is 0.0577 e. The average Bonchev–Trinajstić information content (AvgIpc) is 2.92.